The molecule has 0 saturated carbocycles. The van der Waals surface area contributed by atoms with Gasteiger partial charge in [0, 0.05) is 0 Å². The van der Waals surface area contributed by atoms with Crippen molar-refractivity contribution in [2.45, 2.75) is 178 Å². The number of unbranched alkanes of at least 4 members (excludes halogenated alkanes) is 20. The number of hydrogen-bond acceptors (Lipinski definition) is 9. The van der Waals surface area contributed by atoms with Gasteiger partial charge in [0.2, 0.25) is 0 Å². The monoisotopic (exact) mass is 934 g/mol. The molecular weight excluding hydrogens is 865 g/mol. The molecule has 0 spiro atoms. The second-order valence-electron chi connectivity index (χ2n) is 16.2. The maximum Gasteiger partial charge on any atom is 2.00 e. The van der Waals surface area contributed by atoms with E-state index < -0.39 is 25.1 Å². The Balaban J connectivity index is 0.000000427. The van der Waals surface area contributed by atoms with E-state index in [0.717, 1.165) is 37.7 Å². The molecule has 0 bridgehead atoms. The van der Waals surface area contributed by atoms with Crippen LogP contribution in [0.4, 0.5) is 0 Å². The quantitative estimate of drug-likeness (QED) is 0.0291. The van der Waals surface area contributed by atoms with E-state index in [1.165, 1.54) is 164 Å². The van der Waals surface area contributed by atoms with Crippen molar-refractivity contribution in [3.05, 3.63) is 96.1 Å². The molecule has 4 aromatic rings. The first kappa shape index (κ1) is 56.3. The third-order valence-electron chi connectivity index (χ3n) is 10.9. The summed E-state index contributed by atoms with van der Waals surface area (Å²) in [6, 6.07) is 21.1. The number of aromatic hydroxyl groups is 1. The zero-order chi connectivity index (χ0) is 45.1. The van der Waals surface area contributed by atoms with Crippen molar-refractivity contribution in [3.63, 3.8) is 0 Å². The smallest absolute Gasteiger partial charge is 0.872 e. The van der Waals surface area contributed by atoms with E-state index in [-0.39, 0.29) is 65.6 Å². The molecule has 0 unspecified atom stereocenters. The predicted molar refractivity (Wildman–Crippen MR) is 251 cm³/mol. The number of phenols is 1. The summed E-state index contributed by atoms with van der Waals surface area (Å²) in [5, 5.41) is 22.3. The van der Waals surface area contributed by atoms with Crippen molar-refractivity contribution >= 4 is 58.0 Å². The number of rotatable bonds is 30. The minimum absolute atomic E-state index is 0. The SMILES string of the molecule is CCCCCCCCCCCCCc1cc(Oc2ccccc2S(=O)(=O)O)ccc1O.CCCCCCCCCCCCCc1cc(Oc2ccccc2S(=O)(=O)[O-])ccc1[O-].[Ca+2]. The van der Waals surface area contributed by atoms with Crippen LogP contribution < -0.4 is 14.6 Å². The topological polar surface area (TPSA) is 173 Å². The van der Waals surface area contributed by atoms with E-state index in [1.807, 2.05) is 0 Å². The van der Waals surface area contributed by atoms with E-state index in [1.54, 1.807) is 36.4 Å². The molecule has 10 nitrogen and oxygen atoms in total. The van der Waals surface area contributed by atoms with Crippen LogP contribution in [0.15, 0.2) is 94.7 Å². The molecule has 0 radical (unpaired) electrons. The van der Waals surface area contributed by atoms with Gasteiger partial charge in [-0.05, 0) is 85.8 Å². The summed E-state index contributed by atoms with van der Waals surface area (Å²) in [5.41, 5.74) is 1.42. The van der Waals surface area contributed by atoms with Crippen LogP contribution in [-0.4, -0.2) is 68.8 Å². The molecule has 0 fully saturated rings. The maximum atomic E-state index is 12.2. The summed E-state index contributed by atoms with van der Waals surface area (Å²) in [6.07, 6.45) is 29.0. The van der Waals surface area contributed by atoms with Crippen LogP contribution in [-0.2, 0) is 33.1 Å². The molecule has 0 aromatic heterocycles. The van der Waals surface area contributed by atoms with E-state index in [0.29, 0.717) is 23.5 Å². The molecule has 4 rings (SSSR count). The van der Waals surface area contributed by atoms with Crippen molar-refractivity contribution in [2.24, 2.45) is 0 Å². The third kappa shape index (κ3) is 23.3. The van der Waals surface area contributed by atoms with Crippen molar-refractivity contribution < 1.29 is 45.6 Å². The minimum Gasteiger partial charge on any atom is -0.872 e. The number of para-hydroxylation sites is 2. The maximum absolute atomic E-state index is 12.2. The molecule has 0 amide bonds. The molecule has 13 heteroatoms. The Hall–Kier alpha value is -2.84. The molecule has 0 aliphatic rings. The Kier molecular flexibility index (Phi) is 28.5. The van der Waals surface area contributed by atoms with Crippen LogP contribution in [0.2, 0.25) is 0 Å². The van der Waals surface area contributed by atoms with Gasteiger partial charge in [-0.1, -0.05) is 178 Å². The van der Waals surface area contributed by atoms with Crippen LogP contribution in [0.25, 0.3) is 0 Å². The standard InChI is InChI=1S/2C25H36O5S.Ca/c2*1-2-3-4-5-6-7-8-9-10-11-12-15-21-20-22(18-19-23(21)26)30-24-16-13-14-17-25(24)31(27,28)29;/h2*13-14,16-20,26H,2-12,15H2,1H3,(H,27,28,29);/q;;+2/p-2. The van der Waals surface area contributed by atoms with Crippen LogP contribution in [0, 0.1) is 0 Å². The van der Waals surface area contributed by atoms with Crippen molar-refractivity contribution in [2.75, 3.05) is 0 Å². The molecular formula is C50H70CaO10S2. The largest absolute Gasteiger partial charge is 2.00 e. The zero-order valence-electron chi connectivity index (χ0n) is 37.7. The molecule has 0 atom stereocenters. The second kappa shape index (κ2) is 31.9. The van der Waals surface area contributed by atoms with Crippen molar-refractivity contribution in [1.82, 2.24) is 0 Å². The van der Waals surface area contributed by atoms with E-state index in [9.17, 15) is 36.2 Å². The van der Waals surface area contributed by atoms with Gasteiger partial charge in [0.1, 0.15) is 43.8 Å². The van der Waals surface area contributed by atoms with Crippen LogP contribution >= 0.6 is 0 Å². The van der Waals surface area contributed by atoms with Crippen molar-refractivity contribution in [1.29, 1.82) is 0 Å². The van der Waals surface area contributed by atoms with Crippen molar-refractivity contribution in [3.8, 4) is 34.5 Å². The van der Waals surface area contributed by atoms with Crippen LogP contribution in [0.3, 0.4) is 0 Å². The Morgan fingerprint density at radius 3 is 1.30 bits per heavy atom. The Labute approximate surface area is 408 Å². The van der Waals surface area contributed by atoms with Gasteiger partial charge in [-0.2, -0.15) is 8.42 Å². The molecule has 0 aliphatic heterocycles. The number of benzene rings is 4. The summed E-state index contributed by atoms with van der Waals surface area (Å²) in [5.74, 6) is 0.959. The fourth-order valence-electron chi connectivity index (χ4n) is 7.34. The van der Waals surface area contributed by atoms with Gasteiger partial charge in [0.15, 0.2) is 0 Å². The Morgan fingerprint density at radius 2 is 0.857 bits per heavy atom. The van der Waals surface area contributed by atoms with Gasteiger partial charge >= 0.3 is 37.7 Å². The van der Waals surface area contributed by atoms with E-state index >= 15 is 0 Å². The number of hydrogen-bond donors (Lipinski definition) is 2. The fourth-order valence-corrected chi connectivity index (χ4v) is 8.56. The van der Waals surface area contributed by atoms with Gasteiger partial charge in [0.25, 0.3) is 10.1 Å². The molecule has 0 saturated heterocycles. The summed E-state index contributed by atoms with van der Waals surface area (Å²) < 4.78 is 78.0. The Bertz CT molecular complexity index is 1940. The van der Waals surface area contributed by atoms with Gasteiger partial charge in [-0.25, -0.2) is 8.42 Å². The molecule has 344 valence electrons. The first-order valence-electron chi connectivity index (χ1n) is 22.9. The Morgan fingerprint density at radius 1 is 0.492 bits per heavy atom. The van der Waals surface area contributed by atoms with E-state index in [2.05, 4.69) is 13.8 Å². The molecule has 2 N–H and O–H groups in total. The van der Waals surface area contributed by atoms with Gasteiger partial charge in [0.05, 0.1) is 4.90 Å². The minimum atomic E-state index is -4.64. The second-order valence-corrected chi connectivity index (χ2v) is 18.9. The number of aryl methyl sites for hydroxylation is 2. The molecule has 0 heterocycles. The predicted octanol–water partition coefficient (Wildman–Crippen LogP) is 13.2. The normalized spacial score (nSPS) is 11.4. The summed E-state index contributed by atoms with van der Waals surface area (Å²) in [7, 11) is -9.02. The fraction of sp³-hybridized carbons (Fsp3) is 0.520. The molecule has 4 aromatic carbocycles. The van der Waals surface area contributed by atoms with Crippen LogP contribution in [0.1, 0.15) is 166 Å². The molecule has 0 aliphatic carbocycles. The average molecular weight is 935 g/mol. The first-order chi connectivity index (χ1) is 29.8. The van der Waals surface area contributed by atoms with Gasteiger partial charge in [-0.15, -0.1) is 5.75 Å². The number of phenolic OH excluding ortho intramolecular Hbond substituents is 1. The molecule has 63 heavy (non-hydrogen) atoms. The van der Waals surface area contributed by atoms with Crippen LogP contribution in [0.5, 0.6) is 34.5 Å². The van der Waals surface area contributed by atoms with Gasteiger partial charge in [-0.3, -0.25) is 4.55 Å². The number of ether oxygens (including phenoxy) is 2. The summed E-state index contributed by atoms with van der Waals surface area (Å²) in [6.45, 7) is 4.48. The van der Waals surface area contributed by atoms with Gasteiger partial charge < -0.3 is 24.2 Å². The first-order valence-corrected chi connectivity index (χ1v) is 25.8. The summed E-state index contributed by atoms with van der Waals surface area (Å²) >= 11 is 0. The average Bonchev–Trinajstić information content (AvgIpc) is 3.24. The third-order valence-corrected chi connectivity index (χ3v) is 12.7. The summed E-state index contributed by atoms with van der Waals surface area (Å²) in [4.78, 5) is -0.692. The van der Waals surface area contributed by atoms with E-state index in [4.69, 9.17) is 9.47 Å². The zero-order valence-corrected chi connectivity index (χ0v) is 41.6.